The van der Waals surface area contributed by atoms with Gasteiger partial charge in [0, 0.05) is 23.9 Å². The van der Waals surface area contributed by atoms with Gasteiger partial charge in [-0.2, -0.15) is 0 Å². The maximum atomic E-state index is 11.9. The largest absolute Gasteiger partial charge is 0.379 e. The second kappa shape index (κ2) is 5.78. The first-order chi connectivity index (χ1) is 9.68. The lowest BCUT2D eigenvalue weighted by Crippen LogP contribution is -2.08. The number of hydrogen-bond donors (Lipinski definition) is 1. The van der Waals surface area contributed by atoms with E-state index in [0.717, 1.165) is 17.4 Å². The predicted molar refractivity (Wildman–Crippen MR) is 84.3 cm³/mol. The molecule has 0 unspecified atom stereocenters. The Morgan fingerprint density at radius 3 is 2.29 bits per heavy atom. The van der Waals surface area contributed by atoms with Crippen LogP contribution in [-0.2, 0) is 26.2 Å². The zero-order valence-electron chi connectivity index (χ0n) is 11.5. The van der Waals surface area contributed by atoms with E-state index < -0.39 is 19.7 Å². The number of anilines is 1. The number of nitrogens with one attached hydrogen (secondary N) is 1. The van der Waals surface area contributed by atoms with Crippen LogP contribution in [0.1, 0.15) is 4.88 Å². The van der Waals surface area contributed by atoms with Gasteiger partial charge in [-0.25, -0.2) is 16.8 Å². The minimum absolute atomic E-state index is 0.00963. The van der Waals surface area contributed by atoms with E-state index in [2.05, 4.69) is 5.32 Å². The summed E-state index contributed by atoms with van der Waals surface area (Å²) in [5.74, 6) is 0. The van der Waals surface area contributed by atoms with Crippen molar-refractivity contribution in [2.75, 3.05) is 17.8 Å². The van der Waals surface area contributed by atoms with Gasteiger partial charge in [-0.15, -0.1) is 11.3 Å². The van der Waals surface area contributed by atoms with Crippen molar-refractivity contribution in [2.45, 2.75) is 16.3 Å². The number of sulfone groups is 2. The highest BCUT2D eigenvalue weighted by molar-refractivity contribution is 7.91. The molecule has 0 bridgehead atoms. The molecule has 1 heterocycles. The molecule has 1 N–H and O–H groups in total. The fourth-order valence-corrected chi connectivity index (χ4v) is 4.03. The molecule has 0 saturated carbocycles. The third kappa shape index (κ3) is 4.05. The lowest BCUT2D eigenvalue weighted by atomic mass is 10.3. The number of hydrogen-bond acceptors (Lipinski definition) is 6. The lowest BCUT2D eigenvalue weighted by Gasteiger charge is -2.11. The first kappa shape index (κ1) is 16.0. The Kier molecular flexibility index (Phi) is 4.40. The van der Waals surface area contributed by atoms with Crippen LogP contribution in [0.3, 0.4) is 0 Å². The highest BCUT2D eigenvalue weighted by Crippen LogP contribution is 2.26. The Labute approximate surface area is 128 Å². The number of thiophene rings is 1. The molecular formula is C13H15NO4S3. The van der Waals surface area contributed by atoms with Gasteiger partial charge in [0.05, 0.1) is 15.5 Å². The van der Waals surface area contributed by atoms with E-state index in [9.17, 15) is 16.8 Å². The summed E-state index contributed by atoms with van der Waals surface area (Å²) in [5.41, 5.74) is 0.401. The van der Waals surface area contributed by atoms with Crippen LogP contribution in [0, 0.1) is 0 Å². The standard InChI is InChI=1S/C13H15NO4S3/c1-20(15,16)11-5-6-12(13(8-11)21(2,17)18)14-9-10-4-3-7-19-10/h3-8,14H,9H2,1-2H3. The van der Waals surface area contributed by atoms with Crippen LogP contribution in [0.25, 0.3) is 0 Å². The average Bonchev–Trinajstić information content (AvgIpc) is 2.87. The third-order valence-electron chi connectivity index (χ3n) is 2.81. The van der Waals surface area contributed by atoms with Crippen molar-refractivity contribution in [3.63, 3.8) is 0 Å². The van der Waals surface area contributed by atoms with E-state index >= 15 is 0 Å². The smallest absolute Gasteiger partial charge is 0.177 e. The molecule has 1 aromatic carbocycles. The summed E-state index contributed by atoms with van der Waals surface area (Å²) in [6.45, 7) is 0.485. The number of benzene rings is 1. The van der Waals surface area contributed by atoms with Crippen molar-refractivity contribution in [1.29, 1.82) is 0 Å². The molecule has 0 amide bonds. The molecule has 1 aromatic heterocycles. The SMILES string of the molecule is CS(=O)(=O)c1ccc(NCc2cccs2)c(S(C)(=O)=O)c1. The molecule has 0 spiro atoms. The second-order valence-electron chi connectivity index (χ2n) is 4.64. The highest BCUT2D eigenvalue weighted by atomic mass is 32.2. The molecule has 2 rings (SSSR count). The van der Waals surface area contributed by atoms with Crippen LogP contribution < -0.4 is 5.32 Å². The molecule has 0 saturated heterocycles. The molecule has 5 nitrogen and oxygen atoms in total. The molecule has 0 atom stereocenters. The van der Waals surface area contributed by atoms with Crippen LogP contribution in [0.5, 0.6) is 0 Å². The molecule has 2 aromatic rings. The number of rotatable bonds is 5. The van der Waals surface area contributed by atoms with Crippen LogP contribution in [-0.4, -0.2) is 29.3 Å². The normalized spacial score (nSPS) is 12.3. The van der Waals surface area contributed by atoms with E-state index in [1.807, 2.05) is 17.5 Å². The van der Waals surface area contributed by atoms with Gasteiger partial charge in [0.25, 0.3) is 0 Å². The molecule has 0 fully saturated rings. The maximum Gasteiger partial charge on any atom is 0.177 e. The highest BCUT2D eigenvalue weighted by Gasteiger charge is 2.17. The van der Waals surface area contributed by atoms with Crippen LogP contribution >= 0.6 is 11.3 Å². The van der Waals surface area contributed by atoms with Gasteiger partial charge in [0.15, 0.2) is 19.7 Å². The van der Waals surface area contributed by atoms with E-state index in [4.69, 9.17) is 0 Å². The first-order valence-electron chi connectivity index (χ1n) is 5.98. The van der Waals surface area contributed by atoms with E-state index in [0.29, 0.717) is 12.2 Å². The van der Waals surface area contributed by atoms with E-state index in [1.54, 1.807) is 11.3 Å². The maximum absolute atomic E-state index is 11.9. The quantitative estimate of drug-likeness (QED) is 0.898. The fraction of sp³-hybridized carbons (Fsp3) is 0.231. The first-order valence-corrected chi connectivity index (χ1v) is 10.6. The van der Waals surface area contributed by atoms with Gasteiger partial charge < -0.3 is 5.32 Å². The van der Waals surface area contributed by atoms with Crippen molar-refractivity contribution < 1.29 is 16.8 Å². The monoisotopic (exact) mass is 345 g/mol. The van der Waals surface area contributed by atoms with Crippen molar-refractivity contribution in [2.24, 2.45) is 0 Å². The predicted octanol–water partition coefficient (Wildman–Crippen LogP) is 2.17. The van der Waals surface area contributed by atoms with Crippen molar-refractivity contribution in [3.05, 3.63) is 40.6 Å². The Morgan fingerprint density at radius 1 is 1.05 bits per heavy atom. The topological polar surface area (TPSA) is 80.3 Å². The molecule has 0 aliphatic rings. The fourth-order valence-electron chi connectivity index (χ4n) is 1.78. The van der Waals surface area contributed by atoms with Crippen molar-refractivity contribution in [1.82, 2.24) is 0 Å². The van der Waals surface area contributed by atoms with Gasteiger partial charge in [-0.1, -0.05) is 6.07 Å². The van der Waals surface area contributed by atoms with Gasteiger partial charge in [-0.3, -0.25) is 0 Å². The Hall–Kier alpha value is -1.38. The summed E-state index contributed by atoms with van der Waals surface area (Å²) in [7, 11) is -6.98. The van der Waals surface area contributed by atoms with Crippen LogP contribution in [0.2, 0.25) is 0 Å². The minimum atomic E-state index is -3.53. The van der Waals surface area contributed by atoms with Gasteiger partial charge >= 0.3 is 0 Å². The summed E-state index contributed by atoms with van der Waals surface area (Å²) in [6.07, 6.45) is 2.11. The molecule has 21 heavy (non-hydrogen) atoms. The zero-order valence-corrected chi connectivity index (χ0v) is 14.0. The summed E-state index contributed by atoms with van der Waals surface area (Å²) in [6, 6.07) is 7.93. The van der Waals surface area contributed by atoms with Gasteiger partial charge in [-0.05, 0) is 29.6 Å². The molecule has 0 radical (unpaired) electrons. The van der Waals surface area contributed by atoms with Gasteiger partial charge in [0.2, 0.25) is 0 Å². The minimum Gasteiger partial charge on any atom is -0.379 e. The summed E-state index contributed by atoms with van der Waals surface area (Å²) < 4.78 is 46.8. The zero-order chi connectivity index (χ0) is 15.7. The van der Waals surface area contributed by atoms with Crippen molar-refractivity contribution >= 4 is 36.7 Å². The summed E-state index contributed by atoms with van der Waals surface area (Å²) >= 11 is 1.56. The summed E-state index contributed by atoms with van der Waals surface area (Å²) in [5, 5.41) is 4.97. The van der Waals surface area contributed by atoms with E-state index in [1.165, 1.54) is 18.2 Å². The van der Waals surface area contributed by atoms with Crippen LogP contribution in [0.4, 0.5) is 5.69 Å². The third-order valence-corrected chi connectivity index (χ3v) is 5.94. The average molecular weight is 345 g/mol. The van der Waals surface area contributed by atoms with Crippen molar-refractivity contribution in [3.8, 4) is 0 Å². The Bertz CT molecular complexity index is 838. The van der Waals surface area contributed by atoms with Crippen LogP contribution in [0.15, 0.2) is 45.5 Å². The Balaban J connectivity index is 2.41. The molecular weight excluding hydrogens is 330 g/mol. The molecule has 0 aliphatic heterocycles. The summed E-state index contributed by atoms with van der Waals surface area (Å²) in [4.78, 5) is 1.04. The lowest BCUT2D eigenvalue weighted by molar-refractivity contribution is 0.600. The van der Waals surface area contributed by atoms with Gasteiger partial charge in [0.1, 0.15) is 0 Å². The molecule has 114 valence electrons. The Morgan fingerprint density at radius 2 is 1.76 bits per heavy atom. The molecule has 8 heteroatoms. The van der Waals surface area contributed by atoms with E-state index in [-0.39, 0.29) is 9.79 Å². The molecule has 0 aliphatic carbocycles. The second-order valence-corrected chi connectivity index (χ2v) is 9.67.